The van der Waals surface area contributed by atoms with Crippen molar-refractivity contribution in [1.82, 2.24) is 10.6 Å². The first kappa shape index (κ1) is 13.6. The van der Waals surface area contributed by atoms with Gasteiger partial charge in [0.05, 0.1) is 6.04 Å². The average Bonchev–Trinajstić information content (AvgIpc) is 2.42. The van der Waals surface area contributed by atoms with Crippen LogP contribution in [0.25, 0.3) is 0 Å². The molecule has 18 heavy (non-hydrogen) atoms. The molecule has 1 heterocycles. The number of piperidine rings is 1. The highest BCUT2D eigenvalue weighted by molar-refractivity contribution is 9.10. The maximum Gasteiger partial charge on any atom is 0.237 e. The van der Waals surface area contributed by atoms with Crippen molar-refractivity contribution >= 4 is 21.8 Å². The van der Waals surface area contributed by atoms with Crippen LogP contribution in [-0.4, -0.2) is 25.0 Å². The van der Waals surface area contributed by atoms with Gasteiger partial charge in [0.2, 0.25) is 5.91 Å². The molecule has 1 aromatic rings. The van der Waals surface area contributed by atoms with Gasteiger partial charge in [0.1, 0.15) is 0 Å². The van der Waals surface area contributed by atoms with Gasteiger partial charge in [-0.15, -0.1) is 0 Å². The van der Waals surface area contributed by atoms with Gasteiger partial charge in [0, 0.05) is 11.0 Å². The highest BCUT2D eigenvalue weighted by Gasteiger charge is 2.19. The average molecular weight is 311 g/mol. The van der Waals surface area contributed by atoms with Crippen molar-refractivity contribution in [3.8, 4) is 0 Å². The number of benzene rings is 1. The normalized spacial score (nSPS) is 19.5. The van der Waals surface area contributed by atoms with Crippen LogP contribution in [0.15, 0.2) is 28.7 Å². The summed E-state index contributed by atoms with van der Waals surface area (Å²) in [4.78, 5) is 11.9. The van der Waals surface area contributed by atoms with Crippen LogP contribution in [0.4, 0.5) is 0 Å². The van der Waals surface area contributed by atoms with Crippen LogP contribution >= 0.6 is 15.9 Å². The lowest BCUT2D eigenvalue weighted by atomic mass is 10.0. The van der Waals surface area contributed by atoms with Gasteiger partial charge < -0.3 is 10.6 Å². The summed E-state index contributed by atoms with van der Waals surface area (Å²) in [6.45, 7) is 1.67. The molecule has 0 bridgehead atoms. The number of halogens is 1. The van der Waals surface area contributed by atoms with Crippen molar-refractivity contribution in [2.75, 3.05) is 13.1 Å². The monoisotopic (exact) mass is 310 g/mol. The first-order valence-electron chi connectivity index (χ1n) is 6.51. The largest absolute Gasteiger partial charge is 0.354 e. The van der Waals surface area contributed by atoms with Crippen molar-refractivity contribution in [2.45, 2.75) is 31.7 Å². The highest BCUT2D eigenvalue weighted by Crippen LogP contribution is 2.11. The SMILES string of the molecule is O=C(NCCc1ccc(Br)cc1)[C@@H]1CCCCN1. The number of nitrogens with one attached hydrogen (secondary N) is 2. The van der Waals surface area contributed by atoms with Gasteiger partial charge in [-0.05, 0) is 43.5 Å². The fourth-order valence-electron chi connectivity index (χ4n) is 2.18. The van der Waals surface area contributed by atoms with Gasteiger partial charge in [-0.1, -0.05) is 34.5 Å². The van der Waals surface area contributed by atoms with E-state index in [0.717, 1.165) is 30.3 Å². The van der Waals surface area contributed by atoms with Crippen molar-refractivity contribution in [3.05, 3.63) is 34.3 Å². The second-order valence-corrected chi connectivity index (χ2v) is 5.59. The Bertz CT molecular complexity index is 385. The summed E-state index contributed by atoms with van der Waals surface area (Å²) in [6, 6.07) is 8.23. The lowest BCUT2D eigenvalue weighted by molar-refractivity contribution is -0.123. The smallest absolute Gasteiger partial charge is 0.237 e. The maximum atomic E-state index is 11.9. The molecule has 2 rings (SSSR count). The summed E-state index contributed by atoms with van der Waals surface area (Å²) >= 11 is 3.41. The molecular weight excluding hydrogens is 292 g/mol. The Morgan fingerprint density at radius 2 is 2.11 bits per heavy atom. The van der Waals surface area contributed by atoms with Gasteiger partial charge in [-0.25, -0.2) is 0 Å². The molecule has 1 amide bonds. The van der Waals surface area contributed by atoms with E-state index in [-0.39, 0.29) is 11.9 Å². The molecule has 1 atom stereocenters. The van der Waals surface area contributed by atoms with Crippen LogP contribution in [0.1, 0.15) is 24.8 Å². The zero-order chi connectivity index (χ0) is 12.8. The van der Waals surface area contributed by atoms with Gasteiger partial charge >= 0.3 is 0 Å². The molecule has 0 unspecified atom stereocenters. The van der Waals surface area contributed by atoms with Crippen LogP contribution in [0.5, 0.6) is 0 Å². The minimum absolute atomic E-state index is 0.0173. The molecule has 98 valence electrons. The topological polar surface area (TPSA) is 41.1 Å². The minimum atomic E-state index is 0.0173. The Labute approximate surface area is 116 Å². The lowest BCUT2D eigenvalue weighted by Crippen LogP contribution is -2.47. The minimum Gasteiger partial charge on any atom is -0.354 e. The summed E-state index contributed by atoms with van der Waals surface area (Å²) in [5.41, 5.74) is 1.25. The summed E-state index contributed by atoms with van der Waals surface area (Å²) in [7, 11) is 0. The third kappa shape index (κ3) is 4.10. The molecule has 0 saturated carbocycles. The Morgan fingerprint density at radius 1 is 1.33 bits per heavy atom. The zero-order valence-electron chi connectivity index (χ0n) is 10.4. The molecule has 3 nitrogen and oxygen atoms in total. The van der Waals surface area contributed by atoms with E-state index in [1.165, 1.54) is 12.0 Å². The van der Waals surface area contributed by atoms with Crippen LogP contribution in [0.3, 0.4) is 0 Å². The van der Waals surface area contributed by atoms with Gasteiger partial charge in [0.25, 0.3) is 0 Å². The van der Waals surface area contributed by atoms with Crippen molar-refractivity contribution in [1.29, 1.82) is 0 Å². The van der Waals surface area contributed by atoms with Crippen LogP contribution in [0.2, 0.25) is 0 Å². The second kappa shape index (κ2) is 6.90. The predicted octanol–water partition coefficient (Wildman–Crippen LogP) is 2.25. The highest BCUT2D eigenvalue weighted by atomic mass is 79.9. The van der Waals surface area contributed by atoms with E-state index in [2.05, 4.69) is 38.7 Å². The lowest BCUT2D eigenvalue weighted by Gasteiger charge is -2.22. The maximum absolute atomic E-state index is 11.9. The Morgan fingerprint density at radius 3 is 2.78 bits per heavy atom. The fraction of sp³-hybridized carbons (Fsp3) is 0.500. The van der Waals surface area contributed by atoms with Gasteiger partial charge in [-0.3, -0.25) is 4.79 Å². The van der Waals surface area contributed by atoms with Crippen molar-refractivity contribution in [2.24, 2.45) is 0 Å². The number of rotatable bonds is 4. The van der Waals surface area contributed by atoms with Gasteiger partial charge in [0.15, 0.2) is 0 Å². The van der Waals surface area contributed by atoms with Crippen LogP contribution < -0.4 is 10.6 Å². The Balaban J connectivity index is 1.71. The Hall–Kier alpha value is -0.870. The summed E-state index contributed by atoms with van der Waals surface area (Å²) in [5.74, 6) is 0.145. The molecule has 0 aromatic heterocycles. The van der Waals surface area contributed by atoms with Crippen molar-refractivity contribution < 1.29 is 4.79 Å². The molecule has 1 aromatic carbocycles. The fourth-order valence-corrected chi connectivity index (χ4v) is 2.44. The number of hydrogen-bond donors (Lipinski definition) is 2. The van der Waals surface area contributed by atoms with E-state index >= 15 is 0 Å². The molecule has 1 aliphatic heterocycles. The molecule has 1 aliphatic rings. The summed E-state index contributed by atoms with van der Waals surface area (Å²) < 4.78 is 1.08. The summed E-state index contributed by atoms with van der Waals surface area (Å²) in [6.07, 6.45) is 4.18. The van der Waals surface area contributed by atoms with E-state index < -0.39 is 0 Å². The van der Waals surface area contributed by atoms with Gasteiger partial charge in [-0.2, -0.15) is 0 Å². The van der Waals surface area contributed by atoms with Crippen molar-refractivity contribution in [3.63, 3.8) is 0 Å². The third-order valence-electron chi connectivity index (χ3n) is 3.25. The van der Waals surface area contributed by atoms with Crippen LogP contribution in [-0.2, 0) is 11.2 Å². The molecule has 4 heteroatoms. The Kier molecular flexibility index (Phi) is 5.20. The first-order valence-corrected chi connectivity index (χ1v) is 7.30. The molecule has 0 spiro atoms. The van der Waals surface area contributed by atoms with Crippen LogP contribution in [0, 0.1) is 0 Å². The second-order valence-electron chi connectivity index (χ2n) is 4.67. The van der Waals surface area contributed by atoms with E-state index in [1.807, 2.05) is 12.1 Å². The molecule has 0 aliphatic carbocycles. The predicted molar refractivity (Wildman–Crippen MR) is 76.5 cm³/mol. The zero-order valence-corrected chi connectivity index (χ0v) is 12.0. The summed E-state index contributed by atoms with van der Waals surface area (Å²) in [5, 5.41) is 6.26. The number of carbonyl (C=O) groups is 1. The van der Waals surface area contributed by atoms with E-state index in [9.17, 15) is 4.79 Å². The number of carbonyl (C=O) groups excluding carboxylic acids is 1. The molecular formula is C14H19BrN2O. The number of amides is 1. The molecule has 1 fully saturated rings. The molecule has 0 radical (unpaired) electrons. The quantitative estimate of drug-likeness (QED) is 0.895. The third-order valence-corrected chi connectivity index (χ3v) is 3.78. The number of hydrogen-bond acceptors (Lipinski definition) is 2. The standard InChI is InChI=1S/C14H19BrN2O/c15-12-6-4-11(5-7-12)8-10-17-14(18)13-3-1-2-9-16-13/h4-7,13,16H,1-3,8-10H2,(H,17,18)/t13-/m0/s1. The van der Waals surface area contributed by atoms with E-state index in [0.29, 0.717) is 6.54 Å². The molecule has 1 saturated heterocycles. The van der Waals surface area contributed by atoms with E-state index in [1.54, 1.807) is 0 Å². The molecule has 2 N–H and O–H groups in total. The first-order chi connectivity index (χ1) is 8.75. The van der Waals surface area contributed by atoms with E-state index in [4.69, 9.17) is 0 Å².